The number of anilines is 1. The van der Waals surface area contributed by atoms with Crippen LogP contribution in [0.1, 0.15) is 6.42 Å². The fraction of sp³-hybridized carbons (Fsp3) is 0.400. The standard InChI is InChI=1S/C15H19N3O/c1-18-9-7-11(10-18)17-15-13-4-3-5-14(19-2)12(13)6-8-16-15/h3-6,8,11H,7,9-10H2,1-2H3,(H,16,17). The van der Waals surface area contributed by atoms with E-state index in [1.165, 1.54) is 6.42 Å². The minimum atomic E-state index is 0.481. The average molecular weight is 257 g/mol. The first-order chi connectivity index (χ1) is 9.28. The van der Waals surface area contributed by atoms with Crippen LogP contribution in [0, 0.1) is 0 Å². The number of benzene rings is 1. The first-order valence-corrected chi connectivity index (χ1v) is 6.65. The van der Waals surface area contributed by atoms with Gasteiger partial charge in [0.25, 0.3) is 0 Å². The summed E-state index contributed by atoms with van der Waals surface area (Å²) in [4.78, 5) is 6.82. The maximum Gasteiger partial charge on any atom is 0.134 e. The van der Waals surface area contributed by atoms with Gasteiger partial charge < -0.3 is 15.0 Å². The number of likely N-dealkylation sites (tertiary alicyclic amines) is 1. The fourth-order valence-corrected chi connectivity index (χ4v) is 2.72. The topological polar surface area (TPSA) is 37.4 Å². The van der Waals surface area contributed by atoms with E-state index >= 15 is 0 Å². The summed E-state index contributed by atoms with van der Waals surface area (Å²) >= 11 is 0. The molecule has 0 radical (unpaired) electrons. The Morgan fingerprint density at radius 2 is 2.21 bits per heavy atom. The summed E-state index contributed by atoms with van der Waals surface area (Å²) in [6.45, 7) is 2.22. The number of ether oxygens (including phenoxy) is 1. The minimum Gasteiger partial charge on any atom is -0.496 e. The van der Waals surface area contributed by atoms with E-state index in [-0.39, 0.29) is 0 Å². The van der Waals surface area contributed by atoms with E-state index in [2.05, 4.69) is 28.3 Å². The van der Waals surface area contributed by atoms with Crippen LogP contribution in [0.5, 0.6) is 5.75 Å². The van der Waals surface area contributed by atoms with E-state index in [1.807, 2.05) is 24.4 Å². The number of hydrogen-bond donors (Lipinski definition) is 1. The van der Waals surface area contributed by atoms with Crippen LogP contribution in [-0.4, -0.2) is 43.2 Å². The molecule has 1 atom stereocenters. The van der Waals surface area contributed by atoms with Crippen LogP contribution in [-0.2, 0) is 0 Å². The lowest BCUT2D eigenvalue weighted by molar-refractivity contribution is 0.414. The van der Waals surface area contributed by atoms with Crippen LogP contribution in [0.15, 0.2) is 30.5 Å². The van der Waals surface area contributed by atoms with Crippen molar-refractivity contribution in [1.82, 2.24) is 9.88 Å². The lowest BCUT2D eigenvalue weighted by Crippen LogP contribution is -2.24. The molecule has 2 heterocycles. The number of hydrogen-bond acceptors (Lipinski definition) is 4. The third-order valence-corrected chi connectivity index (χ3v) is 3.72. The lowest BCUT2D eigenvalue weighted by Gasteiger charge is -2.15. The minimum absolute atomic E-state index is 0.481. The number of aromatic nitrogens is 1. The molecule has 1 aliphatic heterocycles. The number of methoxy groups -OCH3 is 1. The Kier molecular flexibility index (Phi) is 3.25. The normalized spacial score (nSPS) is 19.8. The van der Waals surface area contributed by atoms with Gasteiger partial charge in [-0.15, -0.1) is 0 Å². The van der Waals surface area contributed by atoms with Gasteiger partial charge in [0.05, 0.1) is 7.11 Å². The third kappa shape index (κ3) is 2.36. The molecule has 1 aliphatic rings. The van der Waals surface area contributed by atoms with Crippen LogP contribution in [0.3, 0.4) is 0 Å². The van der Waals surface area contributed by atoms with Gasteiger partial charge in [-0.05, 0) is 32.1 Å². The highest BCUT2D eigenvalue weighted by atomic mass is 16.5. The number of nitrogens with zero attached hydrogens (tertiary/aromatic N) is 2. The van der Waals surface area contributed by atoms with Crippen molar-refractivity contribution in [3.05, 3.63) is 30.5 Å². The molecule has 0 aliphatic carbocycles. The molecule has 0 saturated carbocycles. The number of rotatable bonds is 3. The van der Waals surface area contributed by atoms with Gasteiger partial charge in [0.2, 0.25) is 0 Å². The summed E-state index contributed by atoms with van der Waals surface area (Å²) in [6.07, 6.45) is 3.00. The molecule has 100 valence electrons. The predicted octanol–water partition coefficient (Wildman–Crippen LogP) is 2.36. The Labute approximate surface area is 113 Å². The summed E-state index contributed by atoms with van der Waals surface area (Å²) < 4.78 is 5.41. The van der Waals surface area contributed by atoms with Gasteiger partial charge in [0.1, 0.15) is 11.6 Å². The van der Waals surface area contributed by atoms with Gasteiger partial charge in [-0.2, -0.15) is 0 Å². The van der Waals surface area contributed by atoms with Crippen LogP contribution < -0.4 is 10.1 Å². The number of likely N-dealkylation sites (N-methyl/N-ethyl adjacent to an activating group) is 1. The lowest BCUT2D eigenvalue weighted by atomic mass is 10.1. The Bertz CT molecular complexity index is 585. The van der Waals surface area contributed by atoms with E-state index < -0.39 is 0 Å². The SMILES string of the molecule is COc1cccc2c(NC3CCN(C)C3)nccc12. The molecule has 0 amide bonds. The Morgan fingerprint density at radius 1 is 1.32 bits per heavy atom. The molecule has 1 aromatic heterocycles. The molecule has 2 aromatic rings. The smallest absolute Gasteiger partial charge is 0.134 e. The van der Waals surface area contributed by atoms with Crippen molar-refractivity contribution in [2.24, 2.45) is 0 Å². The summed E-state index contributed by atoms with van der Waals surface area (Å²) in [5.41, 5.74) is 0. The molecule has 19 heavy (non-hydrogen) atoms. The second-order valence-corrected chi connectivity index (χ2v) is 5.11. The van der Waals surface area contributed by atoms with Crippen molar-refractivity contribution in [3.63, 3.8) is 0 Å². The first kappa shape index (κ1) is 12.2. The largest absolute Gasteiger partial charge is 0.496 e. The Balaban J connectivity index is 1.95. The molecule has 4 nitrogen and oxygen atoms in total. The molecule has 0 bridgehead atoms. The first-order valence-electron chi connectivity index (χ1n) is 6.65. The summed E-state index contributed by atoms with van der Waals surface area (Å²) in [5.74, 6) is 1.85. The molecule has 1 aromatic carbocycles. The second-order valence-electron chi connectivity index (χ2n) is 5.11. The van der Waals surface area contributed by atoms with Crippen molar-refractivity contribution in [2.75, 3.05) is 32.6 Å². The van der Waals surface area contributed by atoms with Crippen LogP contribution >= 0.6 is 0 Å². The molecular formula is C15H19N3O. The molecule has 3 rings (SSSR count). The second kappa shape index (κ2) is 5.05. The average Bonchev–Trinajstić information content (AvgIpc) is 2.84. The highest BCUT2D eigenvalue weighted by molar-refractivity contribution is 5.95. The van der Waals surface area contributed by atoms with E-state index in [1.54, 1.807) is 7.11 Å². The quantitative estimate of drug-likeness (QED) is 0.916. The highest BCUT2D eigenvalue weighted by Gasteiger charge is 2.20. The number of fused-ring (bicyclic) bond motifs is 1. The maximum atomic E-state index is 5.41. The van der Waals surface area contributed by atoms with E-state index in [4.69, 9.17) is 4.74 Å². The molecule has 1 fully saturated rings. The van der Waals surface area contributed by atoms with Crippen molar-refractivity contribution >= 4 is 16.6 Å². The molecule has 4 heteroatoms. The van der Waals surface area contributed by atoms with Gasteiger partial charge >= 0.3 is 0 Å². The Hall–Kier alpha value is -1.81. The van der Waals surface area contributed by atoms with E-state index in [0.29, 0.717) is 6.04 Å². The van der Waals surface area contributed by atoms with Crippen LogP contribution in [0.25, 0.3) is 10.8 Å². The zero-order valence-electron chi connectivity index (χ0n) is 11.4. The van der Waals surface area contributed by atoms with Gasteiger partial charge in [0.15, 0.2) is 0 Å². The number of pyridine rings is 1. The maximum absolute atomic E-state index is 5.41. The number of nitrogens with one attached hydrogen (secondary N) is 1. The van der Waals surface area contributed by atoms with Crippen LogP contribution in [0.4, 0.5) is 5.82 Å². The molecule has 1 saturated heterocycles. The zero-order valence-corrected chi connectivity index (χ0v) is 11.4. The third-order valence-electron chi connectivity index (χ3n) is 3.72. The van der Waals surface area contributed by atoms with Crippen molar-refractivity contribution < 1.29 is 4.74 Å². The molecule has 0 spiro atoms. The van der Waals surface area contributed by atoms with Gasteiger partial charge in [0, 0.05) is 29.6 Å². The highest BCUT2D eigenvalue weighted by Crippen LogP contribution is 2.29. The van der Waals surface area contributed by atoms with Crippen molar-refractivity contribution in [2.45, 2.75) is 12.5 Å². The summed E-state index contributed by atoms with van der Waals surface area (Å²) in [6, 6.07) is 8.56. The molecular weight excluding hydrogens is 238 g/mol. The van der Waals surface area contributed by atoms with Crippen LogP contribution in [0.2, 0.25) is 0 Å². The van der Waals surface area contributed by atoms with E-state index in [0.717, 1.165) is 35.4 Å². The predicted molar refractivity (Wildman–Crippen MR) is 77.8 cm³/mol. The molecule has 1 unspecified atom stereocenters. The van der Waals surface area contributed by atoms with Crippen molar-refractivity contribution in [3.8, 4) is 5.75 Å². The fourth-order valence-electron chi connectivity index (χ4n) is 2.72. The van der Waals surface area contributed by atoms with Gasteiger partial charge in [-0.3, -0.25) is 0 Å². The van der Waals surface area contributed by atoms with Crippen molar-refractivity contribution in [1.29, 1.82) is 0 Å². The van der Waals surface area contributed by atoms with Gasteiger partial charge in [-0.25, -0.2) is 4.98 Å². The van der Waals surface area contributed by atoms with E-state index in [9.17, 15) is 0 Å². The Morgan fingerprint density at radius 3 is 2.95 bits per heavy atom. The monoisotopic (exact) mass is 257 g/mol. The summed E-state index contributed by atoms with van der Waals surface area (Å²) in [7, 11) is 3.86. The zero-order chi connectivity index (χ0) is 13.2. The summed E-state index contributed by atoms with van der Waals surface area (Å²) in [5, 5.41) is 5.78. The van der Waals surface area contributed by atoms with Gasteiger partial charge in [-0.1, -0.05) is 12.1 Å². The molecule has 1 N–H and O–H groups in total.